The molecule has 1 N–H and O–H groups in total. The van der Waals surface area contributed by atoms with Crippen LogP contribution >= 0.6 is 0 Å². The summed E-state index contributed by atoms with van der Waals surface area (Å²) in [5.74, 6) is -1.69. The number of benzene rings is 1. The number of hydrogen-bond acceptors (Lipinski definition) is 3. The molecule has 114 valence electrons. The van der Waals surface area contributed by atoms with E-state index in [1.54, 1.807) is 6.92 Å². The van der Waals surface area contributed by atoms with Gasteiger partial charge >= 0.3 is 5.97 Å². The fourth-order valence-electron chi connectivity index (χ4n) is 2.35. The predicted octanol–water partition coefficient (Wildman–Crippen LogP) is 2.23. The maximum Gasteiger partial charge on any atom is 0.308 e. The van der Waals surface area contributed by atoms with E-state index in [0.717, 1.165) is 12.0 Å². The average molecular weight is 291 g/mol. The number of anilines is 1. The zero-order chi connectivity index (χ0) is 15.4. The first-order chi connectivity index (χ1) is 9.99. The lowest BCUT2D eigenvalue weighted by atomic mass is 10.1. The highest BCUT2D eigenvalue weighted by Gasteiger charge is 2.31. The van der Waals surface area contributed by atoms with Gasteiger partial charge in [0, 0.05) is 18.8 Å². The lowest BCUT2D eigenvalue weighted by Gasteiger charge is -2.27. The van der Waals surface area contributed by atoms with Gasteiger partial charge in [-0.15, -0.1) is 0 Å². The molecule has 1 aliphatic rings. The van der Waals surface area contributed by atoms with E-state index in [9.17, 15) is 9.59 Å². The first kappa shape index (κ1) is 15.5. The molecule has 1 heterocycles. The van der Waals surface area contributed by atoms with Crippen LogP contribution in [0, 0.1) is 12.8 Å². The largest absolute Gasteiger partial charge is 0.481 e. The molecule has 1 saturated heterocycles. The van der Waals surface area contributed by atoms with Crippen molar-refractivity contribution in [1.29, 1.82) is 0 Å². The molecule has 1 aromatic carbocycles. The van der Waals surface area contributed by atoms with Crippen LogP contribution in [0.4, 0.5) is 5.69 Å². The molecule has 0 saturated carbocycles. The van der Waals surface area contributed by atoms with Crippen molar-refractivity contribution in [3.05, 3.63) is 29.8 Å². The normalized spacial score (nSPS) is 19.2. The minimum absolute atomic E-state index is 0.149. The number of rotatable bonds is 5. The van der Waals surface area contributed by atoms with E-state index in [4.69, 9.17) is 9.84 Å². The van der Waals surface area contributed by atoms with Crippen LogP contribution < -0.4 is 4.90 Å². The zero-order valence-electron chi connectivity index (χ0n) is 12.4. The molecule has 2 rings (SSSR count). The molecule has 1 aromatic rings. The third-order valence-electron chi connectivity index (χ3n) is 3.69. The molecule has 0 aromatic heterocycles. The highest BCUT2D eigenvalue weighted by molar-refractivity contribution is 5.97. The molecule has 0 spiro atoms. The van der Waals surface area contributed by atoms with Gasteiger partial charge in [0.05, 0.1) is 5.92 Å². The first-order valence-corrected chi connectivity index (χ1v) is 7.21. The molecule has 0 bridgehead atoms. The Morgan fingerprint density at radius 2 is 2.05 bits per heavy atom. The molecule has 21 heavy (non-hydrogen) atoms. The molecular weight excluding hydrogens is 270 g/mol. The van der Waals surface area contributed by atoms with E-state index in [-0.39, 0.29) is 12.5 Å². The van der Waals surface area contributed by atoms with Crippen LogP contribution in [-0.4, -0.2) is 36.2 Å². The fourth-order valence-corrected chi connectivity index (χ4v) is 2.35. The number of aliphatic carboxylic acids is 1. The summed E-state index contributed by atoms with van der Waals surface area (Å²) in [5, 5.41) is 9.10. The Hall–Kier alpha value is -1.88. The molecule has 0 aliphatic carbocycles. The van der Waals surface area contributed by atoms with Crippen molar-refractivity contribution in [3.63, 3.8) is 0 Å². The molecule has 2 unspecified atom stereocenters. The standard InChI is InChI=1S/C16H21NO4/c1-11-5-7-13(8-6-11)17(10-12(2)16(19)20)15(18)14-4-3-9-21-14/h5-8,12,14H,3-4,9-10H2,1-2H3,(H,19,20). The summed E-state index contributed by atoms with van der Waals surface area (Å²) in [5.41, 5.74) is 1.81. The number of amides is 1. The Labute approximate surface area is 124 Å². The van der Waals surface area contributed by atoms with Crippen molar-refractivity contribution in [2.24, 2.45) is 5.92 Å². The van der Waals surface area contributed by atoms with E-state index in [1.165, 1.54) is 4.90 Å². The topological polar surface area (TPSA) is 66.8 Å². The van der Waals surface area contributed by atoms with E-state index in [1.807, 2.05) is 31.2 Å². The lowest BCUT2D eigenvalue weighted by molar-refractivity contribution is -0.140. The first-order valence-electron chi connectivity index (χ1n) is 7.21. The van der Waals surface area contributed by atoms with Gasteiger partial charge in [0.25, 0.3) is 5.91 Å². The Bertz CT molecular complexity index is 506. The quantitative estimate of drug-likeness (QED) is 0.903. The summed E-state index contributed by atoms with van der Waals surface area (Å²) >= 11 is 0. The van der Waals surface area contributed by atoms with Crippen LogP contribution in [0.1, 0.15) is 25.3 Å². The van der Waals surface area contributed by atoms with Gasteiger partial charge in [0.2, 0.25) is 0 Å². The van der Waals surface area contributed by atoms with E-state index < -0.39 is 18.0 Å². The van der Waals surface area contributed by atoms with Gasteiger partial charge in [0.15, 0.2) is 0 Å². The lowest BCUT2D eigenvalue weighted by Crippen LogP contribution is -2.42. The molecule has 1 aliphatic heterocycles. The Morgan fingerprint density at radius 1 is 1.38 bits per heavy atom. The molecule has 0 radical (unpaired) electrons. The molecule has 1 fully saturated rings. The Morgan fingerprint density at radius 3 is 2.57 bits per heavy atom. The predicted molar refractivity (Wildman–Crippen MR) is 79.3 cm³/mol. The van der Waals surface area contributed by atoms with Gasteiger partial charge in [-0.3, -0.25) is 9.59 Å². The second-order valence-corrected chi connectivity index (χ2v) is 5.53. The summed E-state index contributed by atoms with van der Waals surface area (Å²) in [4.78, 5) is 25.2. The summed E-state index contributed by atoms with van der Waals surface area (Å²) in [6, 6.07) is 7.51. The highest BCUT2D eigenvalue weighted by atomic mass is 16.5. The van der Waals surface area contributed by atoms with Crippen LogP contribution in [-0.2, 0) is 14.3 Å². The Kier molecular flexibility index (Phi) is 4.96. The van der Waals surface area contributed by atoms with Crippen molar-refractivity contribution in [3.8, 4) is 0 Å². The average Bonchev–Trinajstić information content (AvgIpc) is 2.99. The van der Waals surface area contributed by atoms with Gasteiger partial charge in [-0.2, -0.15) is 0 Å². The number of hydrogen-bond donors (Lipinski definition) is 1. The molecular formula is C16H21NO4. The number of carbonyl (C=O) groups excluding carboxylic acids is 1. The molecule has 1 amide bonds. The van der Waals surface area contributed by atoms with Crippen LogP contribution in [0.5, 0.6) is 0 Å². The Balaban J connectivity index is 2.22. The van der Waals surface area contributed by atoms with Crippen molar-refractivity contribution in [2.45, 2.75) is 32.8 Å². The summed E-state index contributed by atoms with van der Waals surface area (Å²) in [6.45, 7) is 4.31. The smallest absolute Gasteiger partial charge is 0.308 e. The minimum atomic E-state index is -0.910. The van der Waals surface area contributed by atoms with Gasteiger partial charge in [0.1, 0.15) is 6.10 Å². The molecule has 5 nitrogen and oxygen atoms in total. The summed E-state index contributed by atoms with van der Waals surface area (Å²) < 4.78 is 5.44. The van der Waals surface area contributed by atoms with Crippen molar-refractivity contribution in [1.82, 2.24) is 0 Å². The molecule has 2 atom stereocenters. The summed E-state index contributed by atoms with van der Waals surface area (Å²) in [6.07, 6.45) is 1.11. The highest BCUT2D eigenvalue weighted by Crippen LogP contribution is 2.22. The van der Waals surface area contributed by atoms with Crippen LogP contribution in [0.25, 0.3) is 0 Å². The fraction of sp³-hybridized carbons (Fsp3) is 0.500. The number of carboxylic acids is 1. The number of carboxylic acid groups (broad SMARTS) is 1. The van der Waals surface area contributed by atoms with Crippen molar-refractivity contribution in [2.75, 3.05) is 18.1 Å². The van der Waals surface area contributed by atoms with Crippen LogP contribution in [0.2, 0.25) is 0 Å². The number of ether oxygens (including phenoxy) is 1. The van der Waals surface area contributed by atoms with Crippen LogP contribution in [0.3, 0.4) is 0 Å². The van der Waals surface area contributed by atoms with Gasteiger partial charge in [-0.05, 0) is 31.9 Å². The van der Waals surface area contributed by atoms with Gasteiger partial charge in [-0.25, -0.2) is 0 Å². The third-order valence-corrected chi connectivity index (χ3v) is 3.69. The maximum absolute atomic E-state index is 12.6. The number of aryl methyl sites for hydroxylation is 1. The summed E-state index contributed by atoms with van der Waals surface area (Å²) in [7, 11) is 0. The monoisotopic (exact) mass is 291 g/mol. The molecule has 5 heteroatoms. The SMILES string of the molecule is Cc1ccc(N(CC(C)C(=O)O)C(=O)C2CCCO2)cc1. The van der Waals surface area contributed by atoms with E-state index in [0.29, 0.717) is 18.7 Å². The number of nitrogens with zero attached hydrogens (tertiary/aromatic N) is 1. The minimum Gasteiger partial charge on any atom is -0.481 e. The van der Waals surface area contributed by atoms with Gasteiger partial charge in [-0.1, -0.05) is 24.6 Å². The maximum atomic E-state index is 12.6. The third kappa shape index (κ3) is 3.82. The number of carbonyl (C=O) groups is 2. The van der Waals surface area contributed by atoms with Crippen LogP contribution in [0.15, 0.2) is 24.3 Å². The zero-order valence-corrected chi connectivity index (χ0v) is 12.4. The second-order valence-electron chi connectivity index (χ2n) is 5.53. The van der Waals surface area contributed by atoms with Crippen molar-refractivity contribution < 1.29 is 19.4 Å². The van der Waals surface area contributed by atoms with E-state index in [2.05, 4.69) is 0 Å². The van der Waals surface area contributed by atoms with Crippen molar-refractivity contribution >= 4 is 17.6 Å². The van der Waals surface area contributed by atoms with E-state index >= 15 is 0 Å². The second kappa shape index (κ2) is 6.72. The van der Waals surface area contributed by atoms with Gasteiger partial charge < -0.3 is 14.7 Å².